The van der Waals surface area contributed by atoms with Crippen LogP contribution in [-0.4, -0.2) is 29.2 Å². The molecule has 2 amide bonds. The van der Waals surface area contributed by atoms with E-state index in [9.17, 15) is 9.59 Å². The molecular weight excluding hydrogens is 310 g/mol. The number of ether oxygens (including phenoxy) is 1. The summed E-state index contributed by atoms with van der Waals surface area (Å²) >= 11 is 7.11. The average molecular weight is 326 g/mol. The number of carbonyl (C=O) groups excluding carboxylic acids is 2. The van der Waals surface area contributed by atoms with Crippen molar-refractivity contribution in [3.63, 3.8) is 0 Å². The van der Waals surface area contributed by atoms with E-state index in [0.29, 0.717) is 15.7 Å². The van der Waals surface area contributed by atoms with Crippen LogP contribution in [0.15, 0.2) is 23.1 Å². The maximum atomic E-state index is 11.8. The van der Waals surface area contributed by atoms with Crippen molar-refractivity contribution >= 4 is 40.6 Å². The van der Waals surface area contributed by atoms with Gasteiger partial charge in [-0.2, -0.15) is 0 Å². The van der Waals surface area contributed by atoms with Crippen LogP contribution in [-0.2, 0) is 4.79 Å². The zero-order valence-electron chi connectivity index (χ0n) is 12.1. The molecule has 0 aliphatic carbocycles. The molecular formula is C15H16ClNO3S. The van der Waals surface area contributed by atoms with Gasteiger partial charge in [0.1, 0.15) is 5.75 Å². The molecule has 1 unspecified atom stereocenters. The molecule has 6 heteroatoms. The summed E-state index contributed by atoms with van der Waals surface area (Å²) in [7, 11) is 1.47. The zero-order chi connectivity index (χ0) is 15.6. The first-order valence-corrected chi connectivity index (χ1v) is 7.79. The first-order chi connectivity index (χ1) is 9.92. The fourth-order valence-corrected chi connectivity index (χ4v) is 2.76. The summed E-state index contributed by atoms with van der Waals surface area (Å²) < 4.78 is 5.69. The highest BCUT2D eigenvalue weighted by Gasteiger charge is 2.31. The summed E-state index contributed by atoms with van der Waals surface area (Å²) in [6.07, 6.45) is 2.64. The van der Waals surface area contributed by atoms with Crippen LogP contribution in [0.5, 0.6) is 5.75 Å². The Morgan fingerprint density at radius 3 is 2.67 bits per heavy atom. The monoisotopic (exact) mass is 325 g/mol. The molecule has 1 aliphatic rings. The van der Waals surface area contributed by atoms with Crippen molar-refractivity contribution in [3.05, 3.63) is 33.7 Å². The molecule has 1 aliphatic heterocycles. The Morgan fingerprint density at radius 1 is 1.43 bits per heavy atom. The molecule has 0 N–H and O–H groups in total. The molecule has 1 saturated heterocycles. The zero-order valence-corrected chi connectivity index (χ0v) is 13.6. The molecule has 1 aromatic carbocycles. The molecule has 1 heterocycles. The predicted molar refractivity (Wildman–Crippen MR) is 85.6 cm³/mol. The van der Waals surface area contributed by atoms with Gasteiger partial charge >= 0.3 is 0 Å². The average Bonchev–Trinajstić information content (AvgIpc) is 2.69. The van der Waals surface area contributed by atoms with Gasteiger partial charge in [0.25, 0.3) is 11.1 Å². The smallest absolute Gasteiger partial charge is 0.293 e. The van der Waals surface area contributed by atoms with Crippen LogP contribution < -0.4 is 4.74 Å². The lowest BCUT2D eigenvalue weighted by molar-refractivity contribution is -0.121. The third-order valence-corrected chi connectivity index (χ3v) is 4.40. The summed E-state index contributed by atoms with van der Waals surface area (Å²) in [6, 6.07) is 5.31. The SMILES string of the molecule is CCC(C)Oc1ccc(/C=C2\SC(=O)N(C)C2=O)cc1Cl. The van der Waals surface area contributed by atoms with Crippen molar-refractivity contribution in [1.29, 1.82) is 0 Å². The number of likely N-dealkylation sites (N-methyl/N-ethyl adjacent to an activating group) is 1. The van der Waals surface area contributed by atoms with E-state index in [-0.39, 0.29) is 17.3 Å². The highest BCUT2D eigenvalue weighted by molar-refractivity contribution is 8.18. The molecule has 1 fully saturated rings. The second kappa shape index (κ2) is 6.54. The number of rotatable bonds is 4. The molecule has 0 bridgehead atoms. The summed E-state index contributed by atoms with van der Waals surface area (Å²) in [6.45, 7) is 4.01. The maximum absolute atomic E-state index is 11.8. The number of halogens is 1. The van der Waals surface area contributed by atoms with E-state index >= 15 is 0 Å². The highest BCUT2D eigenvalue weighted by Crippen LogP contribution is 2.33. The Hall–Kier alpha value is -1.46. The number of hydrogen-bond acceptors (Lipinski definition) is 4. The van der Waals surface area contributed by atoms with E-state index < -0.39 is 0 Å². The Balaban J connectivity index is 2.21. The van der Waals surface area contributed by atoms with Crippen molar-refractivity contribution < 1.29 is 14.3 Å². The Kier molecular flexibility index (Phi) is 4.96. The van der Waals surface area contributed by atoms with Crippen LogP contribution in [0.3, 0.4) is 0 Å². The minimum atomic E-state index is -0.291. The van der Waals surface area contributed by atoms with E-state index in [1.165, 1.54) is 7.05 Å². The van der Waals surface area contributed by atoms with Gasteiger partial charge in [0, 0.05) is 7.05 Å². The predicted octanol–water partition coefficient (Wildman–Crippen LogP) is 4.18. The molecule has 21 heavy (non-hydrogen) atoms. The van der Waals surface area contributed by atoms with Crippen LogP contribution in [0.4, 0.5) is 4.79 Å². The minimum absolute atomic E-state index is 0.0879. The molecule has 112 valence electrons. The topological polar surface area (TPSA) is 46.6 Å². The first kappa shape index (κ1) is 15.9. The van der Waals surface area contributed by atoms with Crippen LogP contribution in [0.1, 0.15) is 25.8 Å². The number of benzene rings is 1. The maximum Gasteiger partial charge on any atom is 0.293 e. The second-order valence-corrected chi connectivity index (χ2v) is 6.17. The molecule has 1 aromatic rings. The third-order valence-electron chi connectivity index (χ3n) is 3.14. The van der Waals surface area contributed by atoms with Gasteiger partial charge in [-0.15, -0.1) is 0 Å². The molecule has 0 radical (unpaired) electrons. The van der Waals surface area contributed by atoms with Gasteiger partial charge in [-0.05, 0) is 48.9 Å². The second-order valence-electron chi connectivity index (χ2n) is 4.77. The molecule has 2 rings (SSSR count). The summed E-state index contributed by atoms with van der Waals surface area (Å²) in [5.41, 5.74) is 0.760. The minimum Gasteiger partial charge on any atom is -0.489 e. The number of amides is 2. The van der Waals surface area contributed by atoms with E-state index in [1.807, 2.05) is 19.9 Å². The summed E-state index contributed by atoms with van der Waals surface area (Å²) in [5.74, 6) is 0.327. The van der Waals surface area contributed by atoms with Gasteiger partial charge in [-0.1, -0.05) is 24.6 Å². The van der Waals surface area contributed by atoms with Crippen LogP contribution in [0.2, 0.25) is 5.02 Å². The van der Waals surface area contributed by atoms with Gasteiger partial charge in [0.05, 0.1) is 16.0 Å². The first-order valence-electron chi connectivity index (χ1n) is 6.60. The fraction of sp³-hybridized carbons (Fsp3) is 0.333. The van der Waals surface area contributed by atoms with Crippen LogP contribution in [0.25, 0.3) is 6.08 Å². The fourth-order valence-electron chi connectivity index (χ4n) is 1.70. The van der Waals surface area contributed by atoms with Crippen molar-refractivity contribution in [2.75, 3.05) is 7.05 Å². The van der Waals surface area contributed by atoms with E-state index in [2.05, 4.69) is 0 Å². The summed E-state index contributed by atoms with van der Waals surface area (Å²) in [4.78, 5) is 24.7. The lowest BCUT2D eigenvalue weighted by Crippen LogP contribution is -2.22. The van der Waals surface area contributed by atoms with Crippen molar-refractivity contribution in [2.45, 2.75) is 26.4 Å². The lowest BCUT2D eigenvalue weighted by Gasteiger charge is -2.14. The van der Waals surface area contributed by atoms with Crippen LogP contribution in [0, 0.1) is 0 Å². The van der Waals surface area contributed by atoms with Gasteiger partial charge in [0.2, 0.25) is 0 Å². The van der Waals surface area contributed by atoms with E-state index in [0.717, 1.165) is 28.6 Å². The quantitative estimate of drug-likeness (QED) is 0.779. The summed E-state index contributed by atoms with van der Waals surface area (Å²) in [5, 5.41) is 0.217. The van der Waals surface area contributed by atoms with Gasteiger partial charge in [-0.3, -0.25) is 14.5 Å². The molecule has 0 spiro atoms. The number of hydrogen-bond donors (Lipinski definition) is 0. The molecule has 0 aromatic heterocycles. The molecule has 4 nitrogen and oxygen atoms in total. The Morgan fingerprint density at radius 2 is 2.14 bits per heavy atom. The van der Waals surface area contributed by atoms with Crippen LogP contribution >= 0.6 is 23.4 Å². The lowest BCUT2D eigenvalue weighted by atomic mass is 10.2. The molecule has 1 atom stereocenters. The number of carbonyl (C=O) groups is 2. The highest BCUT2D eigenvalue weighted by atomic mass is 35.5. The van der Waals surface area contributed by atoms with Crippen molar-refractivity contribution in [3.8, 4) is 5.75 Å². The number of nitrogens with zero attached hydrogens (tertiary/aromatic N) is 1. The van der Waals surface area contributed by atoms with E-state index in [4.69, 9.17) is 16.3 Å². The third kappa shape index (κ3) is 3.60. The standard InChI is InChI=1S/C15H16ClNO3S/c1-4-9(2)20-12-6-5-10(7-11(12)16)8-13-14(18)17(3)15(19)21-13/h5-9H,4H2,1-3H3/b13-8-. The Labute approximate surface area is 133 Å². The molecule has 0 saturated carbocycles. The number of thioether (sulfide) groups is 1. The van der Waals surface area contributed by atoms with Gasteiger partial charge in [-0.25, -0.2) is 0 Å². The Bertz CT molecular complexity index is 615. The number of imide groups is 1. The van der Waals surface area contributed by atoms with Gasteiger partial charge in [0.15, 0.2) is 0 Å². The normalized spacial score (nSPS) is 18.5. The largest absolute Gasteiger partial charge is 0.489 e. The van der Waals surface area contributed by atoms with E-state index in [1.54, 1.807) is 18.2 Å². The van der Waals surface area contributed by atoms with Crippen molar-refractivity contribution in [1.82, 2.24) is 4.90 Å². The van der Waals surface area contributed by atoms with Gasteiger partial charge < -0.3 is 4.74 Å². The van der Waals surface area contributed by atoms with Crippen molar-refractivity contribution in [2.24, 2.45) is 0 Å².